The number of anilines is 1. The monoisotopic (exact) mass is 382 g/mol. The zero-order valence-electron chi connectivity index (χ0n) is 16.2. The number of morpholine rings is 1. The Kier molecular flexibility index (Phi) is 7.15. The van der Waals surface area contributed by atoms with Crippen LogP contribution < -0.4 is 5.32 Å². The summed E-state index contributed by atoms with van der Waals surface area (Å²) in [5.74, 6) is -1.09. The topological polar surface area (TPSA) is 77.1 Å². The van der Waals surface area contributed by atoms with E-state index in [9.17, 15) is 14.0 Å². The number of hydrogen-bond acceptors (Lipinski definition) is 6. The summed E-state index contributed by atoms with van der Waals surface area (Å²) in [4.78, 5) is 26.2. The van der Waals surface area contributed by atoms with Crippen molar-refractivity contribution in [3.63, 3.8) is 0 Å². The quantitative estimate of drug-likeness (QED) is 0.789. The van der Waals surface area contributed by atoms with Gasteiger partial charge in [0.05, 0.1) is 25.5 Å². The average molecular weight is 382 g/mol. The molecule has 1 amide bonds. The van der Waals surface area contributed by atoms with E-state index in [1.807, 2.05) is 4.90 Å². The number of esters is 1. The van der Waals surface area contributed by atoms with Crippen LogP contribution in [0.4, 0.5) is 14.9 Å². The first-order valence-electron chi connectivity index (χ1n) is 8.99. The van der Waals surface area contributed by atoms with Crippen LogP contribution in [0.1, 0.15) is 39.3 Å². The van der Waals surface area contributed by atoms with Crippen LogP contribution in [0.3, 0.4) is 0 Å². The van der Waals surface area contributed by atoms with Gasteiger partial charge >= 0.3 is 12.1 Å². The average Bonchev–Trinajstić information content (AvgIpc) is 2.57. The lowest BCUT2D eigenvalue weighted by molar-refractivity contribution is -0.151. The Labute approximate surface area is 158 Å². The molecule has 0 aliphatic carbocycles. The van der Waals surface area contributed by atoms with Crippen molar-refractivity contribution in [1.29, 1.82) is 0 Å². The Morgan fingerprint density at radius 2 is 1.96 bits per heavy atom. The summed E-state index contributed by atoms with van der Waals surface area (Å²) in [5.41, 5.74) is -0.244. The molecule has 1 N–H and O–H groups in total. The van der Waals surface area contributed by atoms with Crippen molar-refractivity contribution < 1.29 is 28.2 Å². The Bertz CT molecular complexity index is 669. The predicted molar refractivity (Wildman–Crippen MR) is 98.0 cm³/mol. The van der Waals surface area contributed by atoms with Crippen LogP contribution in [-0.2, 0) is 19.0 Å². The van der Waals surface area contributed by atoms with Gasteiger partial charge in [-0.15, -0.1) is 0 Å². The Morgan fingerprint density at radius 1 is 1.30 bits per heavy atom. The van der Waals surface area contributed by atoms with E-state index in [1.165, 1.54) is 12.1 Å². The van der Waals surface area contributed by atoms with Gasteiger partial charge in [0, 0.05) is 13.1 Å². The molecule has 0 aromatic heterocycles. The molecule has 1 unspecified atom stereocenters. The molecule has 1 heterocycles. The van der Waals surface area contributed by atoms with Crippen molar-refractivity contribution in [1.82, 2.24) is 4.90 Å². The van der Waals surface area contributed by atoms with Gasteiger partial charge in [0.15, 0.2) is 0 Å². The number of nitrogens with one attached hydrogen (secondary N) is 1. The highest BCUT2D eigenvalue weighted by molar-refractivity contribution is 5.85. The molecule has 7 nitrogen and oxygen atoms in total. The maximum absolute atomic E-state index is 14.6. The van der Waals surface area contributed by atoms with Gasteiger partial charge in [0.1, 0.15) is 17.5 Å². The minimum atomic E-state index is -0.746. The van der Waals surface area contributed by atoms with E-state index < -0.39 is 29.5 Å². The summed E-state index contributed by atoms with van der Waals surface area (Å²) in [5, 5.41) is 2.38. The van der Waals surface area contributed by atoms with Gasteiger partial charge in [0.25, 0.3) is 0 Å². The SMILES string of the molecule is CCOC(=O)C(c1ccc(NC(=O)OC(C)(C)C)c(F)c1)N1CCOCC1. The molecule has 0 bridgehead atoms. The fourth-order valence-electron chi connectivity index (χ4n) is 2.77. The van der Waals surface area contributed by atoms with Crippen molar-refractivity contribution in [3.05, 3.63) is 29.6 Å². The summed E-state index contributed by atoms with van der Waals surface area (Å²) in [6, 6.07) is 3.54. The number of nitrogens with zero attached hydrogens (tertiary/aromatic N) is 1. The zero-order chi connectivity index (χ0) is 20.0. The van der Waals surface area contributed by atoms with Gasteiger partial charge in [-0.05, 0) is 45.4 Å². The van der Waals surface area contributed by atoms with E-state index in [0.717, 1.165) is 0 Å². The summed E-state index contributed by atoms with van der Waals surface area (Å²) in [6.45, 7) is 9.21. The number of carbonyl (C=O) groups is 2. The van der Waals surface area contributed by atoms with Crippen LogP contribution in [0.15, 0.2) is 18.2 Å². The third kappa shape index (κ3) is 6.18. The molecule has 2 rings (SSSR count). The normalized spacial score (nSPS) is 16.5. The molecule has 1 fully saturated rings. The summed E-state index contributed by atoms with van der Waals surface area (Å²) in [6.07, 6.45) is -0.746. The first-order valence-corrected chi connectivity index (χ1v) is 8.99. The van der Waals surface area contributed by atoms with Crippen molar-refractivity contribution in [2.75, 3.05) is 38.2 Å². The second-order valence-corrected chi connectivity index (χ2v) is 7.17. The standard InChI is InChI=1S/C19H27FN2O5/c1-5-26-17(23)16(22-8-10-25-11-9-22)13-6-7-15(14(20)12-13)21-18(24)27-19(2,3)4/h6-7,12,16H,5,8-11H2,1-4H3,(H,21,24). The van der Waals surface area contributed by atoms with Gasteiger partial charge in [-0.1, -0.05) is 6.07 Å². The van der Waals surface area contributed by atoms with Gasteiger partial charge < -0.3 is 14.2 Å². The maximum Gasteiger partial charge on any atom is 0.412 e. The first-order chi connectivity index (χ1) is 12.7. The van der Waals surface area contributed by atoms with Crippen molar-refractivity contribution in [2.45, 2.75) is 39.3 Å². The second-order valence-electron chi connectivity index (χ2n) is 7.17. The third-order valence-electron chi connectivity index (χ3n) is 3.87. The molecule has 1 aliphatic rings. The van der Waals surface area contributed by atoms with Crippen LogP contribution in [0.25, 0.3) is 0 Å². The fourth-order valence-corrected chi connectivity index (χ4v) is 2.77. The minimum Gasteiger partial charge on any atom is -0.465 e. The molecule has 8 heteroatoms. The van der Waals surface area contributed by atoms with Crippen LogP contribution in [0, 0.1) is 5.82 Å². The lowest BCUT2D eigenvalue weighted by Crippen LogP contribution is -2.42. The van der Waals surface area contributed by atoms with Crippen molar-refractivity contribution in [2.24, 2.45) is 0 Å². The molecule has 1 saturated heterocycles. The van der Waals surface area contributed by atoms with E-state index in [2.05, 4.69) is 5.32 Å². The van der Waals surface area contributed by atoms with E-state index in [4.69, 9.17) is 14.2 Å². The van der Waals surface area contributed by atoms with E-state index >= 15 is 0 Å². The first kappa shape index (κ1) is 21.1. The molecule has 0 saturated carbocycles. The molecular formula is C19H27FN2O5. The summed E-state index contributed by atoms with van der Waals surface area (Å²) >= 11 is 0. The van der Waals surface area contributed by atoms with Gasteiger partial charge in [-0.25, -0.2) is 14.0 Å². The Balaban J connectivity index is 2.20. The number of ether oxygens (including phenoxy) is 3. The van der Waals surface area contributed by atoms with E-state index in [1.54, 1.807) is 33.8 Å². The van der Waals surface area contributed by atoms with E-state index in [0.29, 0.717) is 31.9 Å². The summed E-state index contributed by atoms with van der Waals surface area (Å²) in [7, 11) is 0. The molecule has 0 radical (unpaired) electrons. The third-order valence-corrected chi connectivity index (χ3v) is 3.87. The predicted octanol–water partition coefficient (Wildman–Crippen LogP) is 3.11. The molecule has 27 heavy (non-hydrogen) atoms. The maximum atomic E-state index is 14.6. The highest BCUT2D eigenvalue weighted by atomic mass is 19.1. The minimum absolute atomic E-state index is 0.0161. The molecule has 1 aromatic carbocycles. The lowest BCUT2D eigenvalue weighted by atomic mass is 10.0. The Hall–Kier alpha value is -2.19. The second kappa shape index (κ2) is 9.14. The highest BCUT2D eigenvalue weighted by Crippen LogP contribution is 2.27. The molecule has 1 aliphatic heterocycles. The van der Waals surface area contributed by atoms with Crippen molar-refractivity contribution >= 4 is 17.7 Å². The van der Waals surface area contributed by atoms with Crippen molar-refractivity contribution in [3.8, 4) is 0 Å². The zero-order valence-corrected chi connectivity index (χ0v) is 16.2. The number of rotatable bonds is 5. The van der Waals surface area contributed by atoms with Gasteiger partial charge in [-0.2, -0.15) is 0 Å². The van der Waals surface area contributed by atoms with Crippen LogP contribution in [0.5, 0.6) is 0 Å². The number of halogens is 1. The van der Waals surface area contributed by atoms with Gasteiger partial charge in [-0.3, -0.25) is 10.2 Å². The highest BCUT2D eigenvalue weighted by Gasteiger charge is 2.31. The number of hydrogen-bond donors (Lipinski definition) is 1. The van der Waals surface area contributed by atoms with E-state index in [-0.39, 0.29) is 12.3 Å². The molecule has 1 atom stereocenters. The molecule has 150 valence electrons. The smallest absolute Gasteiger partial charge is 0.412 e. The molecule has 1 aromatic rings. The fraction of sp³-hybridized carbons (Fsp3) is 0.579. The number of carbonyl (C=O) groups excluding carboxylic acids is 2. The van der Waals surface area contributed by atoms with Crippen LogP contribution in [0.2, 0.25) is 0 Å². The summed E-state index contributed by atoms with van der Waals surface area (Å²) < 4.78 is 30.2. The largest absolute Gasteiger partial charge is 0.465 e. The van der Waals surface area contributed by atoms with Crippen LogP contribution in [-0.4, -0.2) is 55.5 Å². The number of benzene rings is 1. The lowest BCUT2D eigenvalue weighted by Gasteiger charge is -2.33. The number of amides is 1. The molecular weight excluding hydrogens is 355 g/mol. The molecule has 0 spiro atoms. The van der Waals surface area contributed by atoms with Gasteiger partial charge in [0.2, 0.25) is 0 Å². The van der Waals surface area contributed by atoms with Crippen LogP contribution >= 0.6 is 0 Å². The Morgan fingerprint density at radius 3 is 2.52 bits per heavy atom.